The zero-order valence-electron chi connectivity index (χ0n) is 12.7. The maximum Gasteiger partial charge on any atom is 0.446 e. The van der Waals surface area contributed by atoms with E-state index in [-0.39, 0.29) is 11.0 Å². The lowest BCUT2D eigenvalue weighted by molar-refractivity contribution is -0.659. The molecule has 0 fully saturated rings. The fraction of sp³-hybridized carbons (Fsp3) is 0.583. The van der Waals surface area contributed by atoms with Gasteiger partial charge in [0.15, 0.2) is 0 Å². The molecule has 0 unspecified atom stereocenters. The molecule has 6 nitrogen and oxygen atoms in total. The quantitative estimate of drug-likeness (QED) is 0.678. The zero-order chi connectivity index (χ0) is 18.7. The molecule has 2 heterocycles. The molecule has 1 aliphatic heterocycles. The highest BCUT2D eigenvalue weighted by molar-refractivity contribution is 5.92. The molecule has 1 aliphatic rings. The highest BCUT2D eigenvalue weighted by atomic mass is 19.4. The number of anilines is 1. The topological polar surface area (TPSA) is 70.0 Å². The first kappa shape index (κ1) is 18.1. The van der Waals surface area contributed by atoms with E-state index in [2.05, 4.69) is 5.32 Å². The number of nitrogens with zero attached hydrogens (tertiary/aromatic N) is 2. The highest BCUT2D eigenvalue weighted by Gasteiger charge is 2.78. The predicted molar refractivity (Wildman–Crippen MR) is 70.6 cm³/mol. The van der Waals surface area contributed by atoms with Gasteiger partial charge in [0, 0.05) is 20.5 Å². The molecule has 0 atom stereocenters. The first-order valence-corrected chi connectivity index (χ1v) is 6.64. The molecular weight excluding hydrogens is 346 g/mol. The average Bonchev–Trinajstić information content (AvgIpc) is 2.47. The van der Waals surface area contributed by atoms with Gasteiger partial charge in [-0.15, -0.1) is 0 Å². The zero-order valence-corrected chi connectivity index (χ0v) is 12.7. The molecule has 2 N–H and O–H groups in total. The number of nitrogens with one attached hydrogen (secondary N) is 2. The van der Waals surface area contributed by atoms with Crippen LogP contribution in [0.15, 0.2) is 9.59 Å². The molecule has 2 rings (SSSR count). The number of rotatable bonds is 1. The van der Waals surface area contributed by atoms with Crippen molar-refractivity contribution in [3.8, 4) is 0 Å². The Kier molecular flexibility index (Phi) is 3.85. The van der Waals surface area contributed by atoms with Gasteiger partial charge < -0.3 is 0 Å². The molecule has 1 aromatic heterocycles. The first-order chi connectivity index (χ1) is 10.8. The van der Waals surface area contributed by atoms with E-state index in [0.717, 1.165) is 14.1 Å². The highest BCUT2D eigenvalue weighted by Crippen LogP contribution is 2.48. The molecule has 0 bridgehead atoms. The Morgan fingerprint density at radius 2 is 1.54 bits per heavy atom. The standard InChI is InChI=1S/C12H12F6N4O2/c1-4-5-19-7-6(8(23)22(3)9(24)21(7)2)10(20-5,11(13,14)15)12(16,17)18/h4H2,1-3H3,(H,19,20)/p+1. The van der Waals surface area contributed by atoms with E-state index in [1.807, 2.05) is 0 Å². The van der Waals surface area contributed by atoms with Crippen molar-refractivity contribution in [3.63, 3.8) is 0 Å². The molecule has 1 aromatic rings. The van der Waals surface area contributed by atoms with Gasteiger partial charge in [-0.25, -0.2) is 10.1 Å². The number of hydrogen-bond donors (Lipinski definition) is 2. The second-order valence-electron chi connectivity index (χ2n) is 5.26. The summed E-state index contributed by atoms with van der Waals surface area (Å²) in [7, 11) is 1.78. The van der Waals surface area contributed by atoms with E-state index in [4.69, 9.17) is 0 Å². The van der Waals surface area contributed by atoms with E-state index in [1.165, 1.54) is 11.9 Å². The van der Waals surface area contributed by atoms with Crippen LogP contribution in [0.5, 0.6) is 0 Å². The number of alkyl halides is 6. The molecular formula is C12H13F6N4O2+. The van der Waals surface area contributed by atoms with Gasteiger partial charge in [-0.3, -0.25) is 18.9 Å². The smallest absolute Gasteiger partial charge is 0.268 e. The van der Waals surface area contributed by atoms with Crippen LogP contribution in [0.3, 0.4) is 0 Å². The summed E-state index contributed by atoms with van der Waals surface area (Å²) in [6.07, 6.45) is -12.0. The summed E-state index contributed by atoms with van der Waals surface area (Å²) >= 11 is 0. The summed E-state index contributed by atoms with van der Waals surface area (Å²) in [5, 5.41) is 2.28. The van der Waals surface area contributed by atoms with E-state index in [9.17, 15) is 35.9 Å². The first-order valence-electron chi connectivity index (χ1n) is 6.64. The van der Waals surface area contributed by atoms with Gasteiger partial charge >= 0.3 is 23.6 Å². The number of halogens is 6. The van der Waals surface area contributed by atoms with E-state index in [0.29, 0.717) is 4.57 Å². The summed E-state index contributed by atoms with van der Waals surface area (Å²) in [4.78, 5) is 25.4. The van der Waals surface area contributed by atoms with Crippen LogP contribution in [0.2, 0.25) is 0 Å². The Morgan fingerprint density at radius 1 is 1.04 bits per heavy atom. The van der Waals surface area contributed by atoms with Crippen LogP contribution in [0.4, 0.5) is 32.2 Å². The molecule has 0 aliphatic carbocycles. The van der Waals surface area contributed by atoms with Crippen LogP contribution in [-0.2, 0) is 19.6 Å². The lowest BCUT2D eigenvalue weighted by Crippen LogP contribution is -2.97. The largest absolute Gasteiger partial charge is 0.446 e. The Labute approximate surface area is 130 Å². The minimum absolute atomic E-state index is 0.200. The number of amidine groups is 1. The van der Waals surface area contributed by atoms with Crippen LogP contribution in [0.25, 0.3) is 0 Å². The summed E-state index contributed by atoms with van der Waals surface area (Å²) < 4.78 is 82.1. The van der Waals surface area contributed by atoms with Crippen molar-refractivity contribution in [2.45, 2.75) is 31.2 Å². The minimum atomic E-state index is -5.88. The Balaban J connectivity index is 3.14. The van der Waals surface area contributed by atoms with E-state index in [1.54, 1.807) is 0 Å². The third-order valence-electron chi connectivity index (χ3n) is 3.85. The Morgan fingerprint density at radius 3 is 1.96 bits per heavy atom. The maximum atomic E-state index is 13.6. The van der Waals surface area contributed by atoms with Crippen LogP contribution in [-0.4, -0.2) is 27.3 Å². The molecule has 134 valence electrons. The fourth-order valence-corrected chi connectivity index (χ4v) is 2.55. The van der Waals surface area contributed by atoms with Gasteiger partial charge in [-0.1, -0.05) is 6.92 Å². The predicted octanol–water partition coefficient (Wildman–Crippen LogP) is -0.282. The van der Waals surface area contributed by atoms with Crippen LogP contribution >= 0.6 is 0 Å². The lowest BCUT2D eigenvalue weighted by atomic mass is 9.88. The summed E-state index contributed by atoms with van der Waals surface area (Å²) in [6, 6.07) is 0. The fourth-order valence-electron chi connectivity index (χ4n) is 2.55. The third-order valence-corrected chi connectivity index (χ3v) is 3.85. The minimum Gasteiger partial charge on any atom is -0.268 e. The van der Waals surface area contributed by atoms with Crippen LogP contribution < -0.4 is 21.6 Å². The third kappa shape index (κ3) is 2.15. The SMILES string of the molecule is CCC1=[NH+]C(C(F)(F)F)(C(F)(F)F)c2c(n(C)c(=O)n(C)c2=O)N1. The monoisotopic (exact) mass is 359 g/mol. The molecule has 24 heavy (non-hydrogen) atoms. The van der Waals surface area contributed by atoms with Gasteiger partial charge in [0.2, 0.25) is 11.7 Å². The van der Waals surface area contributed by atoms with E-state index >= 15 is 0 Å². The average molecular weight is 359 g/mol. The molecule has 0 radical (unpaired) electrons. The second kappa shape index (κ2) is 5.11. The van der Waals surface area contributed by atoms with Gasteiger partial charge in [0.25, 0.3) is 5.56 Å². The number of aromatic nitrogens is 2. The van der Waals surface area contributed by atoms with Crippen LogP contribution in [0.1, 0.15) is 18.9 Å². The second-order valence-corrected chi connectivity index (χ2v) is 5.26. The van der Waals surface area contributed by atoms with Gasteiger partial charge in [-0.05, 0) is 0 Å². The Hall–Kier alpha value is -2.27. The normalized spacial score (nSPS) is 17.1. The summed E-state index contributed by atoms with van der Waals surface area (Å²) in [6.45, 7) is 1.32. The Bertz CT molecular complexity index is 816. The molecule has 0 aromatic carbocycles. The van der Waals surface area contributed by atoms with E-state index < -0.39 is 46.4 Å². The van der Waals surface area contributed by atoms with Crippen molar-refractivity contribution in [3.05, 3.63) is 26.4 Å². The van der Waals surface area contributed by atoms with Gasteiger partial charge in [0.05, 0.1) is 0 Å². The summed E-state index contributed by atoms with van der Waals surface area (Å²) in [5.74, 6) is -1.35. The summed E-state index contributed by atoms with van der Waals surface area (Å²) in [5.41, 5.74) is -8.98. The van der Waals surface area contributed by atoms with Crippen molar-refractivity contribution in [1.29, 1.82) is 0 Å². The van der Waals surface area contributed by atoms with Gasteiger partial charge in [-0.2, -0.15) is 26.3 Å². The number of hydrogen-bond acceptors (Lipinski definition) is 3. The number of fused-ring (bicyclic) bond motifs is 1. The van der Waals surface area contributed by atoms with Crippen molar-refractivity contribution in [1.82, 2.24) is 9.13 Å². The molecule has 0 saturated heterocycles. The van der Waals surface area contributed by atoms with Gasteiger partial charge in [0.1, 0.15) is 5.56 Å². The van der Waals surface area contributed by atoms with Crippen molar-refractivity contribution in [2.75, 3.05) is 5.32 Å². The van der Waals surface area contributed by atoms with Crippen molar-refractivity contribution < 1.29 is 31.3 Å². The maximum absolute atomic E-state index is 13.6. The van der Waals surface area contributed by atoms with Crippen LogP contribution in [0, 0.1) is 0 Å². The van der Waals surface area contributed by atoms with Crippen molar-refractivity contribution in [2.24, 2.45) is 14.1 Å². The molecule has 0 spiro atoms. The van der Waals surface area contributed by atoms with Crippen molar-refractivity contribution >= 4 is 11.7 Å². The molecule has 12 heteroatoms. The molecule has 0 amide bonds. The lowest BCUT2D eigenvalue weighted by Gasteiger charge is -2.35. The molecule has 0 saturated carbocycles.